The number of benzene rings is 1. The van der Waals surface area contributed by atoms with Crippen LogP contribution in [-0.2, 0) is 4.79 Å². The van der Waals surface area contributed by atoms with Crippen molar-refractivity contribution >= 4 is 17.4 Å². The molecule has 2 N–H and O–H groups in total. The molecule has 1 aliphatic rings. The summed E-state index contributed by atoms with van der Waals surface area (Å²) in [5.74, 6) is -1.32. The van der Waals surface area contributed by atoms with Crippen LogP contribution in [0.25, 0.3) is 0 Å². The Morgan fingerprint density at radius 1 is 1.33 bits per heavy atom. The first kappa shape index (κ1) is 15.5. The molecule has 114 valence electrons. The van der Waals surface area contributed by atoms with Gasteiger partial charge in [-0.3, -0.25) is 9.59 Å². The average Bonchev–Trinajstić information content (AvgIpc) is 2.89. The van der Waals surface area contributed by atoms with Gasteiger partial charge in [0.05, 0.1) is 0 Å². The molecule has 1 atom stereocenters. The average molecular weight is 300 g/mol. The van der Waals surface area contributed by atoms with Gasteiger partial charge in [0, 0.05) is 17.8 Å². The Kier molecular flexibility index (Phi) is 4.04. The van der Waals surface area contributed by atoms with E-state index in [-0.39, 0.29) is 24.4 Å². The summed E-state index contributed by atoms with van der Waals surface area (Å²) in [5, 5.41) is 4.86. The molecule has 4 nitrogen and oxygen atoms in total. The predicted octanol–water partition coefficient (Wildman–Crippen LogP) is 2.37. The number of amides is 1. The highest BCUT2D eigenvalue weighted by Crippen LogP contribution is 2.43. The SMILES string of the molecule is CC(=O)c1cccc(NC(=O)C2(C(F)(F)F)CCNC2)c1. The Labute approximate surface area is 119 Å². The quantitative estimate of drug-likeness (QED) is 0.843. The predicted molar refractivity (Wildman–Crippen MR) is 71.1 cm³/mol. The second kappa shape index (κ2) is 5.48. The third kappa shape index (κ3) is 2.92. The highest BCUT2D eigenvalue weighted by atomic mass is 19.4. The molecule has 0 bridgehead atoms. The van der Waals surface area contributed by atoms with Gasteiger partial charge in [0.1, 0.15) is 0 Å². The third-order valence-corrected chi connectivity index (χ3v) is 3.66. The molecule has 2 rings (SSSR count). The fourth-order valence-corrected chi connectivity index (χ4v) is 2.32. The molecule has 1 unspecified atom stereocenters. The highest BCUT2D eigenvalue weighted by Gasteiger charge is 2.61. The Morgan fingerprint density at radius 2 is 2.05 bits per heavy atom. The van der Waals surface area contributed by atoms with E-state index in [2.05, 4.69) is 10.6 Å². The van der Waals surface area contributed by atoms with Gasteiger partial charge in [0.15, 0.2) is 11.2 Å². The molecule has 1 aromatic carbocycles. The number of hydrogen-bond donors (Lipinski definition) is 2. The lowest BCUT2D eigenvalue weighted by Gasteiger charge is -2.29. The molecule has 21 heavy (non-hydrogen) atoms. The van der Waals surface area contributed by atoms with Gasteiger partial charge in [-0.2, -0.15) is 13.2 Å². The maximum Gasteiger partial charge on any atom is 0.404 e. The lowest BCUT2D eigenvalue weighted by molar-refractivity contribution is -0.213. The van der Waals surface area contributed by atoms with E-state index in [0.29, 0.717) is 5.56 Å². The summed E-state index contributed by atoms with van der Waals surface area (Å²) in [7, 11) is 0. The molecule has 7 heteroatoms. The van der Waals surface area contributed by atoms with Crippen LogP contribution in [0.2, 0.25) is 0 Å². The molecule has 0 saturated carbocycles. The van der Waals surface area contributed by atoms with Gasteiger partial charge in [-0.05, 0) is 32.0 Å². The second-order valence-corrected chi connectivity index (χ2v) is 5.10. The molecule has 0 radical (unpaired) electrons. The van der Waals surface area contributed by atoms with Crippen LogP contribution in [0.1, 0.15) is 23.7 Å². The first-order chi connectivity index (χ1) is 9.76. The van der Waals surface area contributed by atoms with Gasteiger partial charge < -0.3 is 10.6 Å². The van der Waals surface area contributed by atoms with E-state index in [4.69, 9.17) is 0 Å². The Balaban J connectivity index is 2.24. The molecule has 0 aromatic heterocycles. The zero-order chi connectivity index (χ0) is 15.7. The van der Waals surface area contributed by atoms with Crippen LogP contribution in [0.5, 0.6) is 0 Å². The van der Waals surface area contributed by atoms with Gasteiger partial charge in [-0.25, -0.2) is 0 Å². The maximum atomic E-state index is 13.2. The molecule has 1 aliphatic heterocycles. The zero-order valence-corrected chi connectivity index (χ0v) is 11.4. The number of halogens is 3. The standard InChI is InChI=1S/C14H15F3N2O2/c1-9(20)10-3-2-4-11(7-10)19-12(21)13(14(15,16)17)5-6-18-8-13/h2-4,7,18H,5-6,8H2,1H3,(H,19,21). The van der Waals surface area contributed by atoms with Crippen LogP contribution in [-0.4, -0.2) is 31.0 Å². The van der Waals surface area contributed by atoms with Gasteiger partial charge in [-0.15, -0.1) is 0 Å². The van der Waals surface area contributed by atoms with E-state index in [1.54, 1.807) is 0 Å². The zero-order valence-electron chi connectivity index (χ0n) is 11.4. The monoisotopic (exact) mass is 300 g/mol. The number of carbonyl (C=O) groups is 2. The van der Waals surface area contributed by atoms with Crippen molar-refractivity contribution in [1.29, 1.82) is 0 Å². The van der Waals surface area contributed by atoms with Crippen LogP contribution in [0.15, 0.2) is 24.3 Å². The molecule has 1 aromatic rings. The summed E-state index contributed by atoms with van der Waals surface area (Å²) in [6.45, 7) is 1.05. The summed E-state index contributed by atoms with van der Waals surface area (Å²) in [5.41, 5.74) is -1.90. The lowest BCUT2D eigenvalue weighted by atomic mass is 9.85. The van der Waals surface area contributed by atoms with Gasteiger partial charge in [0.2, 0.25) is 5.91 Å². The Hall–Kier alpha value is -1.89. The first-order valence-electron chi connectivity index (χ1n) is 6.46. The highest BCUT2D eigenvalue weighted by molar-refractivity contribution is 5.99. The van der Waals surface area contributed by atoms with Crippen LogP contribution in [0.4, 0.5) is 18.9 Å². The molecule has 1 amide bonds. The number of carbonyl (C=O) groups excluding carboxylic acids is 2. The largest absolute Gasteiger partial charge is 0.404 e. The van der Waals surface area contributed by atoms with Crippen molar-refractivity contribution in [3.8, 4) is 0 Å². The number of ketones is 1. The second-order valence-electron chi connectivity index (χ2n) is 5.10. The first-order valence-corrected chi connectivity index (χ1v) is 6.46. The Bertz CT molecular complexity index is 564. The molecule has 1 saturated heterocycles. The van der Waals surface area contributed by atoms with Crippen LogP contribution in [0.3, 0.4) is 0 Å². The van der Waals surface area contributed by atoms with Crippen molar-refractivity contribution in [1.82, 2.24) is 5.32 Å². The summed E-state index contributed by atoms with van der Waals surface area (Å²) in [6, 6.07) is 5.87. The number of anilines is 1. The number of Topliss-reactive ketones (excluding diaryl/α,β-unsaturated/α-hetero) is 1. The van der Waals surface area contributed by atoms with Crippen molar-refractivity contribution < 1.29 is 22.8 Å². The van der Waals surface area contributed by atoms with Crippen molar-refractivity contribution in [2.45, 2.75) is 19.5 Å². The fourth-order valence-electron chi connectivity index (χ4n) is 2.32. The van der Waals surface area contributed by atoms with Crippen LogP contribution in [0, 0.1) is 5.41 Å². The van der Waals surface area contributed by atoms with Crippen molar-refractivity contribution in [3.63, 3.8) is 0 Å². The lowest BCUT2D eigenvalue weighted by Crippen LogP contribution is -2.49. The van der Waals surface area contributed by atoms with Gasteiger partial charge in [0.25, 0.3) is 0 Å². The molecular weight excluding hydrogens is 285 g/mol. The number of rotatable bonds is 3. The molecule has 1 heterocycles. The van der Waals surface area contributed by atoms with Gasteiger partial charge >= 0.3 is 6.18 Å². The number of hydrogen-bond acceptors (Lipinski definition) is 3. The summed E-state index contributed by atoms with van der Waals surface area (Å²) in [6.07, 6.45) is -4.92. The minimum Gasteiger partial charge on any atom is -0.325 e. The maximum absolute atomic E-state index is 13.2. The molecule has 0 aliphatic carbocycles. The van der Waals surface area contributed by atoms with Crippen molar-refractivity contribution in [3.05, 3.63) is 29.8 Å². The molecule has 0 spiro atoms. The minimum absolute atomic E-state index is 0.139. The molecular formula is C14H15F3N2O2. The van der Waals surface area contributed by atoms with Crippen molar-refractivity contribution in [2.24, 2.45) is 5.41 Å². The van der Waals surface area contributed by atoms with Crippen molar-refractivity contribution in [2.75, 3.05) is 18.4 Å². The summed E-state index contributed by atoms with van der Waals surface area (Å²) >= 11 is 0. The minimum atomic E-state index is -4.63. The number of alkyl halides is 3. The normalized spacial score (nSPS) is 22.1. The van der Waals surface area contributed by atoms with E-state index in [1.807, 2.05) is 0 Å². The van der Waals surface area contributed by atoms with E-state index in [9.17, 15) is 22.8 Å². The van der Waals surface area contributed by atoms with Gasteiger partial charge in [-0.1, -0.05) is 12.1 Å². The molecule has 1 fully saturated rings. The topological polar surface area (TPSA) is 58.2 Å². The summed E-state index contributed by atoms with van der Waals surface area (Å²) in [4.78, 5) is 23.4. The van der Waals surface area contributed by atoms with Crippen LogP contribution < -0.4 is 10.6 Å². The Morgan fingerprint density at radius 3 is 2.57 bits per heavy atom. The van der Waals surface area contributed by atoms with E-state index < -0.39 is 24.0 Å². The summed E-state index contributed by atoms with van der Waals surface area (Å²) < 4.78 is 39.7. The fraction of sp³-hybridized carbons (Fsp3) is 0.429. The van der Waals surface area contributed by atoms with Crippen LogP contribution >= 0.6 is 0 Å². The van der Waals surface area contributed by atoms with E-state index >= 15 is 0 Å². The van der Waals surface area contributed by atoms with E-state index in [0.717, 1.165) is 0 Å². The smallest absolute Gasteiger partial charge is 0.325 e. The number of nitrogens with one attached hydrogen (secondary N) is 2. The third-order valence-electron chi connectivity index (χ3n) is 3.66. The van der Waals surface area contributed by atoms with E-state index in [1.165, 1.54) is 31.2 Å².